The molecule has 0 aliphatic heterocycles. The van der Waals surface area contributed by atoms with Crippen molar-refractivity contribution in [3.8, 4) is 5.75 Å². The maximum Gasteiger partial charge on any atom is 0.200 e. The summed E-state index contributed by atoms with van der Waals surface area (Å²) in [6.45, 7) is 14.6. The van der Waals surface area contributed by atoms with Gasteiger partial charge >= 0.3 is 0 Å². The van der Waals surface area contributed by atoms with E-state index in [1.165, 1.54) is 5.56 Å². The number of benzene rings is 1. The van der Waals surface area contributed by atoms with Gasteiger partial charge in [0.05, 0.1) is 13.7 Å². The lowest BCUT2D eigenvalue weighted by Crippen LogP contribution is -2.47. The summed E-state index contributed by atoms with van der Waals surface area (Å²) in [4.78, 5) is 0. The molecular formula is C17H30O2Si. The van der Waals surface area contributed by atoms with Gasteiger partial charge in [0, 0.05) is 0 Å². The standard InChI is InChI=1S/C17H30O2Si/c1-13(2)20(14(3)4,15(5)6)19-12-16-9-8-10-17(11-16)18-7/h8-11,13-15H,12H2,1-7H3. The third kappa shape index (κ3) is 3.64. The lowest BCUT2D eigenvalue weighted by atomic mass is 10.2. The molecule has 0 N–H and O–H groups in total. The minimum absolute atomic E-state index is 0.619. The first kappa shape index (κ1) is 17.2. The molecule has 1 aromatic carbocycles. The van der Waals surface area contributed by atoms with Crippen LogP contribution in [0.5, 0.6) is 5.75 Å². The minimum atomic E-state index is -1.78. The van der Waals surface area contributed by atoms with Gasteiger partial charge in [0.1, 0.15) is 5.75 Å². The van der Waals surface area contributed by atoms with Crippen LogP contribution in [-0.4, -0.2) is 15.4 Å². The van der Waals surface area contributed by atoms with Crippen LogP contribution in [0.25, 0.3) is 0 Å². The van der Waals surface area contributed by atoms with E-state index in [9.17, 15) is 0 Å². The molecule has 1 rings (SSSR count). The number of methoxy groups -OCH3 is 1. The molecule has 0 heterocycles. The van der Waals surface area contributed by atoms with Crippen LogP contribution in [0, 0.1) is 0 Å². The normalized spacial score (nSPS) is 12.5. The van der Waals surface area contributed by atoms with Crippen molar-refractivity contribution in [2.75, 3.05) is 7.11 Å². The Labute approximate surface area is 125 Å². The molecule has 0 amide bonds. The quantitative estimate of drug-likeness (QED) is 0.628. The molecule has 0 aromatic heterocycles. The zero-order chi connectivity index (χ0) is 15.3. The van der Waals surface area contributed by atoms with Gasteiger partial charge in [-0.2, -0.15) is 0 Å². The van der Waals surface area contributed by atoms with E-state index in [2.05, 4.69) is 53.7 Å². The van der Waals surface area contributed by atoms with Crippen molar-refractivity contribution in [2.45, 2.75) is 64.8 Å². The second-order valence-corrected chi connectivity index (χ2v) is 11.9. The van der Waals surface area contributed by atoms with Crippen molar-refractivity contribution < 1.29 is 9.16 Å². The van der Waals surface area contributed by atoms with Gasteiger partial charge in [-0.25, -0.2) is 0 Å². The van der Waals surface area contributed by atoms with E-state index in [0.717, 1.165) is 5.75 Å². The van der Waals surface area contributed by atoms with E-state index in [-0.39, 0.29) is 0 Å². The highest BCUT2D eigenvalue weighted by Gasteiger charge is 2.44. The fraction of sp³-hybridized carbons (Fsp3) is 0.647. The van der Waals surface area contributed by atoms with E-state index >= 15 is 0 Å². The Morgan fingerprint density at radius 1 is 0.950 bits per heavy atom. The molecular weight excluding hydrogens is 264 g/mol. The summed E-state index contributed by atoms with van der Waals surface area (Å²) in [7, 11) is -0.0750. The van der Waals surface area contributed by atoms with Crippen molar-refractivity contribution in [3.05, 3.63) is 29.8 Å². The molecule has 0 spiro atoms. The lowest BCUT2D eigenvalue weighted by molar-refractivity contribution is 0.265. The van der Waals surface area contributed by atoms with Gasteiger partial charge in [0.2, 0.25) is 8.32 Å². The van der Waals surface area contributed by atoms with Crippen LogP contribution in [0.3, 0.4) is 0 Å². The highest BCUT2D eigenvalue weighted by atomic mass is 28.4. The average Bonchev–Trinajstić information content (AvgIpc) is 2.38. The molecule has 0 bridgehead atoms. The first-order valence-electron chi connectivity index (χ1n) is 7.61. The Morgan fingerprint density at radius 2 is 1.50 bits per heavy atom. The smallest absolute Gasteiger partial charge is 0.200 e. The number of hydrogen-bond donors (Lipinski definition) is 0. The third-order valence-corrected chi connectivity index (χ3v) is 10.4. The maximum absolute atomic E-state index is 6.58. The van der Waals surface area contributed by atoms with Crippen molar-refractivity contribution in [1.82, 2.24) is 0 Å². The molecule has 0 saturated carbocycles. The summed E-state index contributed by atoms with van der Waals surface area (Å²) in [5.41, 5.74) is 3.05. The first-order valence-corrected chi connectivity index (χ1v) is 9.75. The molecule has 0 atom stereocenters. The van der Waals surface area contributed by atoms with Gasteiger partial charge in [0.25, 0.3) is 0 Å². The van der Waals surface area contributed by atoms with Crippen molar-refractivity contribution in [2.24, 2.45) is 0 Å². The van der Waals surface area contributed by atoms with Crippen molar-refractivity contribution in [1.29, 1.82) is 0 Å². The highest BCUT2D eigenvalue weighted by Crippen LogP contribution is 2.42. The fourth-order valence-corrected chi connectivity index (χ4v) is 8.89. The van der Waals surface area contributed by atoms with Crippen molar-refractivity contribution >= 4 is 8.32 Å². The lowest BCUT2D eigenvalue weighted by Gasteiger charge is -2.42. The molecule has 0 saturated heterocycles. The van der Waals surface area contributed by atoms with E-state index in [1.54, 1.807) is 7.11 Å². The number of ether oxygens (including phenoxy) is 1. The van der Waals surface area contributed by atoms with Crippen molar-refractivity contribution in [3.63, 3.8) is 0 Å². The molecule has 1 aromatic rings. The molecule has 0 fully saturated rings. The first-order chi connectivity index (χ1) is 9.34. The van der Waals surface area contributed by atoms with Gasteiger partial charge in [-0.05, 0) is 34.3 Å². The Hall–Kier alpha value is -0.803. The van der Waals surface area contributed by atoms with Gasteiger partial charge in [-0.3, -0.25) is 0 Å². The number of rotatable bonds is 7. The summed E-state index contributed by atoms with van der Waals surface area (Å²) in [5, 5.41) is 0. The summed E-state index contributed by atoms with van der Waals surface area (Å²) in [6, 6.07) is 8.19. The van der Waals surface area contributed by atoms with Crippen LogP contribution in [-0.2, 0) is 11.0 Å². The molecule has 0 unspecified atom stereocenters. The second-order valence-electron chi connectivity index (χ2n) is 6.46. The molecule has 2 nitrogen and oxygen atoms in total. The molecule has 0 radical (unpaired) electrons. The predicted molar refractivity (Wildman–Crippen MR) is 88.8 cm³/mol. The second kappa shape index (κ2) is 7.28. The Bertz CT molecular complexity index is 391. The molecule has 3 heteroatoms. The molecule has 114 valence electrons. The monoisotopic (exact) mass is 294 g/mol. The SMILES string of the molecule is COc1cccc(CO[Si](C(C)C)(C(C)C)C(C)C)c1. The molecule has 0 aliphatic carbocycles. The predicted octanol–water partition coefficient (Wildman–Crippen LogP) is 5.39. The molecule has 20 heavy (non-hydrogen) atoms. The largest absolute Gasteiger partial charge is 0.497 e. The highest BCUT2D eigenvalue weighted by molar-refractivity contribution is 6.77. The van der Waals surface area contributed by atoms with Crippen LogP contribution in [0.2, 0.25) is 16.6 Å². The van der Waals surface area contributed by atoms with Crippen LogP contribution < -0.4 is 4.74 Å². The topological polar surface area (TPSA) is 18.5 Å². The molecule has 0 aliphatic rings. The van der Waals surface area contributed by atoms with Crippen LogP contribution in [0.15, 0.2) is 24.3 Å². The summed E-state index contributed by atoms with van der Waals surface area (Å²) < 4.78 is 11.9. The zero-order valence-electron chi connectivity index (χ0n) is 14.1. The summed E-state index contributed by atoms with van der Waals surface area (Å²) in [5.74, 6) is 0.900. The maximum atomic E-state index is 6.58. The average molecular weight is 295 g/mol. The van der Waals surface area contributed by atoms with Crippen LogP contribution in [0.1, 0.15) is 47.1 Å². The van der Waals surface area contributed by atoms with E-state index in [4.69, 9.17) is 9.16 Å². The Morgan fingerprint density at radius 3 is 1.95 bits per heavy atom. The Kier molecular flexibility index (Phi) is 6.27. The van der Waals surface area contributed by atoms with E-state index in [1.807, 2.05) is 12.1 Å². The van der Waals surface area contributed by atoms with Gasteiger partial charge in [-0.1, -0.05) is 53.7 Å². The Balaban J connectivity index is 2.91. The third-order valence-electron chi connectivity index (χ3n) is 4.33. The van der Waals surface area contributed by atoms with E-state index < -0.39 is 8.32 Å². The summed E-state index contributed by atoms with van der Waals surface area (Å²) in [6.07, 6.45) is 0. The van der Waals surface area contributed by atoms with Gasteiger partial charge < -0.3 is 9.16 Å². The van der Waals surface area contributed by atoms with Crippen LogP contribution >= 0.6 is 0 Å². The summed E-state index contributed by atoms with van der Waals surface area (Å²) >= 11 is 0. The van der Waals surface area contributed by atoms with E-state index in [0.29, 0.717) is 23.2 Å². The van der Waals surface area contributed by atoms with Gasteiger partial charge in [-0.15, -0.1) is 0 Å². The minimum Gasteiger partial charge on any atom is -0.497 e. The fourth-order valence-electron chi connectivity index (χ4n) is 3.47. The van der Waals surface area contributed by atoms with Crippen LogP contribution in [0.4, 0.5) is 0 Å². The van der Waals surface area contributed by atoms with Gasteiger partial charge in [0.15, 0.2) is 0 Å². The number of hydrogen-bond acceptors (Lipinski definition) is 2. The zero-order valence-corrected chi connectivity index (χ0v) is 15.1.